The molecule has 0 aliphatic carbocycles. The third-order valence-corrected chi connectivity index (χ3v) is 2.71. The van der Waals surface area contributed by atoms with Crippen LogP contribution in [0.4, 0.5) is 0 Å². The molecule has 0 atom stereocenters. The highest BCUT2D eigenvalue weighted by Gasteiger charge is 2.14. The summed E-state index contributed by atoms with van der Waals surface area (Å²) in [7, 11) is 1.21. The van der Waals surface area contributed by atoms with Crippen LogP contribution >= 0.6 is 0 Å². The summed E-state index contributed by atoms with van der Waals surface area (Å²) in [6, 6.07) is 6.65. The van der Waals surface area contributed by atoms with Gasteiger partial charge < -0.3 is 13.6 Å². The number of carbonyl (C=O) groups is 1. The first-order valence-electron chi connectivity index (χ1n) is 5.22. The van der Waals surface area contributed by atoms with E-state index >= 15 is 0 Å². The zero-order valence-electron chi connectivity index (χ0n) is 9.43. The first-order chi connectivity index (χ1) is 8.69. The van der Waals surface area contributed by atoms with Crippen molar-refractivity contribution in [3.8, 4) is 0 Å². The van der Waals surface area contributed by atoms with Crippen LogP contribution in [-0.4, -0.2) is 13.1 Å². The van der Waals surface area contributed by atoms with Crippen LogP contribution in [0, 0.1) is 0 Å². The molecule has 2 aromatic heterocycles. The second-order valence-corrected chi connectivity index (χ2v) is 3.79. The molecule has 2 heterocycles. The van der Waals surface area contributed by atoms with Gasteiger partial charge in [-0.05, 0) is 18.2 Å². The molecule has 0 radical (unpaired) electrons. The van der Waals surface area contributed by atoms with Gasteiger partial charge in [0, 0.05) is 16.8 Å². The van der Waals surface area contributed by atoms with Crippen molar-refractivity contribution in [3.63, 3.8) is 0 Å². The predicted octanol–water partition coefficient (Wildman–Crippen LogP) is 2.33. The van der Waals surface area contributed by atoms with E-state index in [0.29, 0.717) is 16.6 Å². The molecule has 0 bridgehead atoms. The molecule has 0 saturated heterocycles. The molecule has 0 N–H and O–H groups in total. The number of methoxy groups -OCH3 is 1. The van der Waals surface area contributed by atoms with Gasteiger partial charge in [-0.1, -0.05) is 0 Å². The van der Waals surface area contributed by atoms with Gasteiger partial charge in [0.05, 0.1) is 13.4 Å². The smallest absolute Gasteiger partial charge is 0.351 e. The molecule has 0 aliphatic rings. The number of fused-ring (bicyclic) bond motifs is 2. The summed E-state index contributed by atoms with van der Waals surface area (Å²) in [6.45, 7) is 0. The summed E-state index contributed by atoms with van der Waals surface area (Å²) in [5.74, 6) is -0.710. The Morgan fingerprint density at radius 1 is 1.17 bits per heavy atom. The summed E-state index contributed by atoms with van der Waals surface area (Å²) in [4.78, 5) is 23.0. The summed E-state index contributed by atoms with van der Waals surface area (Å²) in [5.41, 5.74) is 0.152. The van der Waals surface area contributed by atoms with Crippen LogP contribution in [-0.2, 0) is 4.74 Å². The highest BCUT2D eigenvalue weighted by molar-refractivity contribution is 5.97. The van der Waals surface area contributed by atoms with E-state index in [1.165, 1.54) is 13.2 Å². The summed E-state index contributed by atoms with van der Waals surface area (Å²) < 4.78 is 14.8. The third-order valence-electron chi connectivity index (χ3n) is 2.71. The number of hydrogen-bond acceptors (Lipinski definition) is 5. The lowest BCUT2D eigenvalue weighted by Crippen LogP contribution is -2.14. The standard InChI is InChI=1S/C13H8O5/c1-16-12(14)9-5-8-4-7-2-3-17-10(7)6-11(8)18-13(9)15/h2-6H,1H3. The van der Waals surface area contributed by atoms with Gasteiger partial charge in [0.1, 0.15) is 16.7 Å². The molecule has 0 amide bonds. The normalized spacial score (nSPS) is 10.9. The Balaban J connectivity index is 2.36. The van der Waals surface area contributed by atoms with Crippen molar-refractivity contribution >= 4 is 27.9 Å². The van der Waals surface area contributed by atoms with Crippen molar-refractivity contribution in [1.29, 1.82) is 0 Å². The molecule has 1 aromatic carbocycles. The van der Waals surface area contributed by atoms with Gasteiger partial charge in [0.15, 0.2) is 0 Å². The minimum Gasteiger partial charge on any atom is -0.465 e. The van der Waals surface area contributed by atoms with Crippen LogP contribution in [0.5, 0.6) is 0 Å². The molecule has 0 spiro atoms. The van der Waals surface area contributed by atoms with Gasteiger partial charge in [0.25, 0.3) is 0 Å². The van der Waals surface area contributed by atoms with Crippen LogP contribution in [0.2, 0.25) is 0 Å². The number of rotatable bonds is 1. The Hall–Kier alpha value is -2.56. The van der Waals surface area contributed by atoms with Crippen LogP contribution < -0.4 is 5.63 Å². The lowest BCUT2D eigenvalue weighted by atomic mass is 10.1. The van der Waals surface area contributed by atoms with Crippen molar-refractivity contribution in [2.24, 2.45) is 0 Å². The fraction of sp³-hybridized carbons (Fsp3) is 0.0769. The van der Waals surface area contributed by atoms with E-state index in [1.807, 2.05) is 0 Å². The van der Waals surface area contributed by atoms with Gasteiger partial charge in [-0.15, -0.1) is 0 Å². The zero-order chi connectivity index (χ0) is 12.7. The first kappa shape index (κ1) is 10.6. The maximum Gasteiger partial charge on any atom is 0.351 e. The number of hydrogen-bond donors (Lipinski definition) is 0. The average Bonchev–Trinajstić information content (AvgIpc) is 2.81. The molecule has 5 heteroatoms. The number of benzene rings is 1. The fourth-order valence-corrected chi connectivity index (χ4v) is 1.83. The number of esters is 1. The molecule has 0 saturated carbocycles. The molecular weight excluding hydrogens is 236 g/mol. The van der Waals surface area contributed by atoms with Gasteiger partial charge in [-0.3, -0.25) is 0 Å². The van der Waals surface area contributed by atoms with Gasteiger partial charge >= 0.3 is 11.6 Å². The SMILES string of the molecule is COC(=O)c1cc2cc3ccoc3cc2oc1=O. The van der Waals surface area contributed by atoms with E-state index in [2.05, 4.69) is 4.74 Å². The molecule has 5 nitrogen and oxygen atoms in total. The van der Waals surface area contributed by atoms with E-state index in [-0.39, 0.29) is 5.56 Å². The first-order valence-corrected chi connectivity index (χ1v) is 5.22. The topological polar surface area (TPSA) is 69.7 Å². The van der Waals surface area contributed by atoms with Crippen molar-refractivity contribution in [2.45, 2.75) is 0 Å². The third kappa shape index (κ3) is 1.48. The number of ether oxygens (including phenoxy) is 1. The summed E-state index contributed by atoms with van der Waals surface area (Å²) in [5, 5.41) is 1.51. The summed E-state index contributed by atoms with van der Waals surface area (Å²) >= 11 is 0. The van der Waals surface area contributed by atoms with Crippen molar-refractivity contribution in [2.75, 3.05) is 7.11 Å². The average molecular weight is 244 g/mol. The fourth-order valence-electron chi connectivity index (χ4n) is 1.83. The monoisotopic (exact) mass is 244 g/mol. The molecule has 90 valence electrons. The Bertz CT molecular complexity index is 809. The molecular formula is C13H8O5. The van der Waals surface area contributed by atoms with E-state index in [0.717, 1.165) is 5.39 Å². The second-order valence-electron chi connectivity index (χ2n) is 3.79. The van der Waals surface area contributed by atoms with Crippen molar-refractivity contribution in [3.05, 3.63) is 46.5 Å². The zero-order valence-corrected chi connectivity index (χ0v) is 9.43. The van der Waals surface area contributed by atoms with E-state index in [4.69, 9.17) is 8.83 Å². The van der Waals surface area contributed by atoms with E-state index in [1.54, 1.807) is 24.5 Å². The van der Waals surface area contributed by atoms with Gasteiger partial charge in [0.2, 0.25) is 0 Å². The number of carbonyl (C=O) groups excluding carboxylic acids is 1. The van der Waals surface area contributed by atoms with Gasteiger partial charge in [-0.2, -0.15) is 0 Å². The Morgan fingerprint density at radius 3 is 2.78 bits per heavy atom. The summed E-state index contributed by atoms with van der Waals surface area (Å²) in [6.07, 6.45) is 1.54. The highest BCUT2D eigenvalue weighted by atomic mass is 16.5. The molecule has 0 fully saturated rings. The van der Waals surface area contributed by atoms with Crippen LogP contribution in [0.25, 0.3) is 21.9 Å². The maximum atomic E-state index is 11.6. The Labute approximate surface area is 101 Å². The Kier molecular flexibility index (Phi) is 2.19. The van der Waals surface area contributed by atoms with Crippen LogP contribution in [0.15, 0.2) is 44.2 Å². The van der Waals surface area contributed by atoms with Crippen molar-refractivity contribution in [1.82, 2.24) is 0 Å². The lowest BCUT2D eigenvalue weighted by Gasteiger charge is -2.00. The maximum absolute atomic E-state index is 11.6. The largest absolute Gasteiger partial charge is 0.465 e. The predicted molar refractivity (Wildman–Crippen MR) is 63.6 cm³/mol. The minimum atomic E-state index is -0.722. The Morgan fingerprint density at radius 2 is 2.00 bits per heavy atom. The number of furan rings is 1. The molecule has 0 aliphatic heterocycles. The van der Waals surface area contributed by atoms with E-state index in [9.17, 15) is 9.59 Å². The van der Waals surface area contributed by atoms with Crippen LogP contribution in [0.3, 0.4) is 0 Å². The van der Waals surface area contributed by atoms with Crippen LogP contribution in [0.1, 0.15) is 10.4 Å². The molecule has 3 rings (SSSR count). The quantitative estimate of drug-likeness (QED) is 0.485. The molecule has 3 aromatic rings. The van der Waals surface area contributed by atoms with Gasteiger partial charge in [-0.25, -0.2) is 9.59 Å². The molecule has 0 unspecified atom stereocenters. The second kappa shape index (κ2) is 3.73. The minimum absolute atomic E-state index is 0.118. The van der Waals surface area contributed by atoms with Crippen molar-refractivity contribution < 1.29 is 18.4 Å². The lowest BCUT2D eigenvalue weighted by molar-refractivity contribution is 0.0596. The van der Waals surface area contributed by atoms with E-state index < -0.39 is 11.6 Å². The highest BCUT2D eigenvalue weighted by Crippen LogP contribution is 2.23. The molecule has 18 heavy (non-hydrogen) atoms.